The van der Waals surface area contributed by atoms with Crippen LogP contribution in [0.4, 0.5) is 5.95 Å². The number of aryl methyl sites for hydroxylation is 1. The smallest absolute Gasteiger partial charge is 0.204 e. The molecular formula is C19H16N6. The largest absolute Gasteiger partial charge is 0.354 e. The first kappa shape index (κ1) is 14.1. The summed E-state index contributed by atoms with van der Waals surface area (Å²) in [5, 5.41) is 3.35. The van der Waals surface area contributed by atoms with Gasteiger partial charge in [0.2, 0.25) is 5.95 Å². The molecule has 1 aliphatic heterocycles. The number of nitrogens with zero attached hydrogens (tertiary/aromatic N) is 5. The minimum atomic E-state index is 0.879. The first-order valence-corrected chi connectivity index (χ1v) is 8.29. The zero-order valence-corrected chi connectivity index (χ0v) is 13.8. The molecule has 0 unspecified atom stereocenters. The molecule has 0 aliphatic carbocycles. The number of anilines is 1. The van der Waals surface area contributed by atoms with Crippen LogP contribution < -0.4 is 5.32 Å². The van der Waals surface area contributed by atoms with Crippen molar-refractivity contribution in [1.82, 2.24) is 24.5 Å². The maximum atomic E-state index is 4.81. The summed E-state index contributed by atoms with van der Waals surface area (Å²) < 4.78 is 2.22. The Hall–Kier alpha value is -3.28. The van der Waals surface area contributed by atoms with Crippen molar-refractivity contribution in [3.05, 3.63) is 54.5 Å². The number of benzene rings is 1. The van der Waals surface area contributed by atoms with Gasteiger partial charge < -0.3 is 9.88 Å². The number of pyridine rings is 1. The Morgan fingerprint density at radius 1 is 1.00 bits per heavy atom. The van der Waals surface area contributed by atoms with E-state index in [1.807, 2.05) is 31.2 Å². The van der Waals surface area contributed by atoms with Gasteiger partial charge in [-0.2, -0.15) is 0 Å². The van der Waals surface area contributed by atoms with Gasteiger partial charge in [-0.25, -0.2) is 4.98 Å². The standard InChI is InChI=1S/C19H16N6/c1-12-3-2-4-15(23-12)17-18(25-10-9-22-19(25)24-17)13-5-6-14-16(11-13)21-8-7-20-14/h2-8,11H,9-10H2,1H3,(H,22,24). The van der Waals surface area contributed by atoms with Crippen molar-refractivity contribution in [2.75, 3.05) is 11.9 Å². The van der Waals surface area contributed by atoms with E-state index in [2.05, 4.69) is 37.0 Å². The zero-order chi connectivity index (χ0) is 16.8. The summed E-state index contributed by atoms with van der Waals surface area (Å²) in [6, 6.07) is 12.2. The molecule has 1 aliphatic rings. The molecule has 25 heavy (non-hydrogen) atoms. The van der Waals surface area contributed by atoms with Crippen LogP contribution in [0.25, 0.3) is 33.7 Å². The molecule has 6 heteroatoms. The average molecular weight is 328 g/mol. The van der Waals surface area contributed by atoms with Crippen molar-refractivity contribution in [2.24, 2.45) is 0 Å². The van der Waals surface area contributed by atoms with E-state index in [0.717, 1.165) is 58.4 Å². The lowest BCUT2D eigenvalue weighted by molar-refractivity contribution is 0.817. The highest BCUT2D eigenvalue weighted by Crippen LogP contribution is 2.36. The van der Waals surface area contributed by atoms with Gasteiger partial charge in [-0.15, -0.1) is 0 Å². The Morgan fingerprint density at radius 3 is 2.76 bits per heavy atom. The summed E-state index contributed by atoms with van der Waals surface area (Å²) in [7, 11) is 0. The van der Waals surface area contributed by atoms with Crippen LogP contribution >= 0.6 is 0 Å². The van der Waals surface area contributed by atoms with Gasteiger partial charge in [0.25, 0.3) is 0 Å². The van der Waals surface area contributed by atoms with Crippen molar-refractivity contribution in [3.63, 3.8) is 0 Å². The topological polar surface area (TPSA) is 68.5 Å². The molecule has 3 aromatic heterocycles. The molecule has 1 N–H and O–H groups in total. The molecule has 1 aromatic carbocycles. The number of fused-ring (bicyclic) bond motifs is 2. The van der Waals surface area contributed by atoms with Crippen molar-refractivity contribution < 1.29 is 0 Å². The number of hydrogen-bond donors (Lipinski definition) is 1. The maximum Gasteiger partial charge on any atom is 0.204 e. The monoisotopic (exact) mass is 328 g/mol. The van der Waals surface area contributed by atoms with E-state index in [4.69, 9.17) is 4.98 Å². The third kappa shape index (κ3) is 2.26. The highest BCUT2D eigenvalue weighted by Gasteiger charge is 2.24. The van der Waals surface area contributed by atoms with Gasteiger partial charge in [-0.1, -0.05) is 12.1 Å². The van der Waals surface area contributed by atoms with E-state index in [9.17, 15) is 0 Å². The van der Waals surface area contributed by atoms with Crippen LogP contribution in [0.1, 0.15) is 5.69 Å². The Morgan fingerprint density at radius 2 is 1.88 bits per heavy atom. The fourth-order valence-electron chi connectivity index (χ4n) is 3.34. The van der Waals surface area contributed by atoms with Crippen LogP contribution in [0.15, 0.2) is 48.8 Å². The maximum absolute atomic E-state index is 4.81. The summed E-state index contributed by atoms with van der Waals surface area (Å²) in [6.45, 7) is 3.78. The van der Waals surface area contributed by atoms with Crippen molar-refractivity contribution in [1.29, 1.82) is 0 Å². The first-order valence-electron chi connectivity index (χ1n) is 8.29. The molecular weight excluding hydrogens is 312 g/mol. The second kappa shape index (κ2) is 5.37. The highest BCUT2D eigenvalue weighted by molar-refractivity contribution is 5.86. The van der Waals surface area contributed by atoms with Gasteiger partial charge in [0.15, 0.2) is 0 Å². The highest BCUT2D eigenvalue weighted by atomic mass is 15.3. The second-order valence-electron chi connectivity index (χ2n) is 6.14. The minimum Gasteiger partial charge on any atom is -0.354 e. The molecule has 0 spiro atoms. The van der Waals surface area contributed by atoms with Crippen molar-refractivity contribution in [3.8, 4) is 22.6 Å². The van der Waals surface area contributed by atoms with Crippen molar-refractivity contribution in [2.45, 2.75) is 13.5 Å². The van der Waals surface area contributed by atoms with E-state index in [1.165, 1.54) is 0 Å². The van der Waals surface area contributed by atoms with Crippen LogP contribution in [0.3, 0.4) is 0 Å². The average Bonchev–Trinajstić information content (AvgIpc) is 3.22. The van der Waals surface area contributed by atoms with Crippen molar-refractivity contribution >= 4 is 17.0 Å². The molecule has 0 radical (unpaired) electrons. The van der Waals surface area contributed by atoms with Crippen LogP contribution in [0.5, 0.6) is 0 Å². The van der Waals surface area contributed by atoms with Gasteiger partial charge in [-0.3, -0.25) is 15.0 Å². The normalized spacial score (nSPS) is 13.0. The summed E-state index contributed by atoms with van der Waals surface area (Å²) >= 11 is 0. The molecule has 0 saturated heterocycles. The van der Waals surface area contributed by atoms with Crippen LogP contribution in [0.2, 0.25) is 0 Å². The molecule has 4 aromatic rings. The molecule has 0 fully saturated rings. The molecule has 5 rings (SSSR count). The lowest BCUT2D eigenvalue weighted by Gasteiger charge is -2.09. The van der Waals surface area contributed by atoms with Gasteiger partial charge in [0.1, 0.15) is 5.69 Å². The van der Waals surface area contributed by atoms with E-state index < -0.39 is 0 Å². The predicted octanol–water partition coefficient (Wildman–Crippen LogP) is 3.29. The lowest BCUT2D eigenvalue weighted by atomic mass is 10.1. The number of aromatic nitrogens is 5. The molecule has 0 amide bonds. The number of hydrogen-bond acceptors (Lipinski definition) is 5. The third-order valence-electron chi connectivity index (χ3n) is 4.46. The Bertz CT molecular complexity index is 1100. The summed E-state index contributed by atoms with van der Waals surface area (Å²) in [5.74, 6) is 0.896. The number of imidazole rings is 1. The second-order valence-corrected chi connectivity index (χ2v) is 6.14. The van der Waals surface area contributed by atoms with Gasteiger partial charge in [0.05, 0.1) is 22.4 Å². The van der Waals surface area contributed by atoms with E-state index in [-0.39, 0.29) is 0 Å². The fraction of sp³-hybridized carbons (Fsp3) is 0.158. The first-order chi connectivity index (χ1) is 12.3. The lowest BCUT2D eigenvalue weighted by Crippen LogP contribution is -1.99. The summed E-state index contributed by atoms with van der Waals surface area (Å²) in [4.78, 5) is 18.3. The minimum absolute atomic E-state index is 0.879. The Balaban J connectivity index is 1.76. The number of nitrogens with one attached hydrogen (secondary N) is 1. The molecule has 0 bridgehead atoms. The molecule has 122 valence electrons. The van der Waals surface area contributed by atoms with Gasteiger partial charge in [-0.05, 0) is 31.2 Å². The van der Waals surface area contributed by atoms with Crippen LogP contribution in [-0.2, 0) is 6.54 Å². The molecule has 4 heterocycles. The van der Waals surface area contributed by atoms with Crippen LogP contribution in [0, 0.1) is 6.92 Å². The molecule has 0 atom stereocenters. The molecule has 6 nitrogen and oxygen atoms in total. The Labute approximate surface area is 144 Å². The van der Waals surface area contributed by atoms with Crippen LogP contribution in [-0.4, -0.2) is 31.0 Å². The van der Waals surface area contributed by atoms with E-state index in [0.29, 0.717) is 0 Å². The third-order valence-corrected chi connectivity index (χ3v) is 4.46. The van der Waals surface area contributed by atoms with Gasteiger partial charge in [0, 0.05) is 36.7 Å². The quantitative estimate of drug-likeness (QED) is 0.611. The van der Waals surface area contributed by atoms with E-state index in [1.54, 1.807) is 12.4 Å². The predicted molar refractivity (Wildman–Crippen MR) is 97.2 cm³/mol. The number of rotatable bonds is 2. The summed E-state index contributed by atoms with van der Waals surface area (Å²) in [5.41, 5.74) is 6.69. The summed E-state index contributed by atoms with van der Waals surface area (Å²) in [6.07, 6.45) is 3.43. The SMILES string of the molecule is Cc1cccc(-c2nc3n(c2-c2ccc4nccnc4c2)CCN3)n1. The fourth-order valence-corrected chi connectivity index (χ4v) is 3.34. The van der Waals surface area contributed by atoms with E-state index >= 15 is 0 Å². The zero-order valence-electron chi connectivity index (χ0n) is 13.8. The molecule has 0 saturated carbocycles. The van der Waals surface area contributed by atoms with Gasteiger partial charge >= 0.3 is 0 Å². The Kier molecular flexibility index (Phi) is 3.03.